The quantitative estimate of drug-likeness (QED) is 0.528. The number of hydrogen-bond donors (Lipinski definition) is 1. The maximum Gasteiger partial charge on any atom is 0.222 e. The summed E-state index contributed by atoms with van der Waals surface area (Å²) in [6.07, 6.45) is 6.43. The van der Waals surface area contributed by atoms with Crippen LogP contribution in [0, 0.1) is 0 Å². The second-order valence-corrected chi connectivity index (χ2v) is 7.87. The zero-order chi connectivity index (χ0) is 20.4. The van der Waals surface area contributed by atoms with Crippen LogP contribution in [0.1, 0.15) is 12.0 Å². The first-order valence-corrected chi connectivity index (χ1v) is 9.97. The molecule has 4 heterocycles. The molecule has 0 aliphatic carbocycles. The third kappa shape index (κ3) is 4.24. The Morgan fingerprint density at radius 1 is 1.24 bits per heavy atom. The van der Waals surface area contributed by atoms with Gasteiger partial charge in [-0.15, -0.1) is 0 Å². The van der Waals surface area contributed by atoms with Gasteiger partial charge in [-0.1, -0.05) is 11.3 Å². The Morgan fingerprint density at radius 3 is 2.86 bits per heavy atom. The number of amides is 1. The fourth-order valence-corrected chi connectivity index (χ4v) is 3.74. The van der Waals surface area contributed by atoms with Crippen molar-refractivity contribution < 1.29 is 4.79 Å². The minimum atomic E-state index is 0.109. The summed E-state index contributed by atoms with van der Waals surface area (Å²) in [6.45, 7) is 0. The maximum absolute atomic E-state index is 11.8. The molecular weight excluding hydrogens is 386 g/mol. The van der Waals surface area contributed by atoms with Gasteiger partial charge < -0.3 is 14.8 Å². The number of nitrogens with one attached hydrogen (secondary N) is 1. The number of rotatable bonds is 6. The molecular formula is C20H21N7OS. The molecule has 148 valence electrons. The number of aromatic nitrogens is 5. The number of imidazole rings is 1. The van der Waals surface area contributed by atoms with Crippen molar-refractivity contribution in [3.63, 3.8) is 0 Å². The molecule has 1 N–H and O–H groups in total. The minimum Gasteiger partial charge on any atom is -0.349 e. The highest BCUT2D eigenvalue weighted by atomic mass is 32.1. The number of anilines is 2. The topological polar surface area (TPSA) is 88.8 Å². The number of fused-ring (bicyclic) bond motifs is 1. The van der Waals surface area contributed by atoms with Crippen molar-refractivity contribution in [3.05, 3.63) is 48.5 Å². The van der Waals surface area contributed by atoms with Crippen molar-refractivity contribution in [2.24, 2.45) is 7.05 Å². The van der Waals surface area contributed by atoms with Gasteiger partial charge in [-0.05, 0) is 36.2 Å². The molecule has 0 radical (unpaired) electrons. The molecule has 0 bridgehead atoms. The summed E-state index contributed by atoms with van der Waals surface area (Å²) in [5, 5.41) is 3.98. The Kier molecular flexibility index (Phi) is 5.22. The molecule has 0 aliphatic heterocycles. The van der Waals surface area contributed by atoms with E-state index in [-0.39, 0.29) is 5.91 Å². The Labute approximate surface area is 172 Å². The van der Waals surface area contributed by atoms with E-state index in [1.54, 1.807) is 37.7 Å². The monoisotopic (exact) mass is 407 g/mol. The highest BCUT2D eigenvalue weighted by Gasteiger charge is 2.11. The van der Waals surface area contributed by atoms with Gasteiger partial charge in [-0.25, -0.2) is 19.9 Å². The number of nitrogens with zero attached hydrogens (tertiary/aromatic N) is 6. The van der Waals surface area contributed by atoms with Crippen LogP contribution in [0.4, 0.5) is 10.9 Å². The van der Waals surface area contributed by atoms with E-state index in [1.165, 1.54) is 11.3 Å². The molecule has 0 atom stereocenters. The van der Waals surface area contributed by atoms with Gasteiger partial charge in [0.15, 0.2) is 5.13 Å². The third-order valence-electron chi connectivity index (χ3n) is 4.52. The predicted molar refractivity (Wildman–Crippen MR) is 114 cm³/mol. The van der Waals surface area contributed by atoms with Gasteiger partial charge in [-0.3, -0.25) is 4.79 Å². The number of carbonyl (C=O) groups is 1. The van der Waals surface area contributed by atoms with E-state index >= 15 is 0 Å². The number of hydrogen-bond acceptors (Lipinski definition) is 7. The van der Waals surface area contributed by atoms with E-state index in [2.05, 4.69) is 20.3 Å². The Bertz CT molecular complexity index is 1160. The van der Waals surface area contributed by atoms with E-state index in [9.17, 15) is 4.79 Å². The Balaban J connectivity index is 1.51. The minimum absolute atomic E-state index is 0.109. The van der Waals surface area contributed by atoms with Gasteiger partial charge >= 0.3 is 0 Å². The van der Waals surface area contributed by atoms with Crippen LogP contribution in [-0.4, -0.2) is 49.4 Å². The standard InChI is InChI=1S/C20H21N7OS/c1-26(2)18(28)7-4-13-8-9-22-17(10-13)25-20-24-15-6-5-14(23-19(15)29-20)16-11-21-12-27(16)3/h5-6,8-12H,4,7H2,1-3H3,(H,22,24,25). The molecule has 0 spiro atoms. The van der Waals surface area contributed by atoms with Crippen molar-refractivity contribution in [1.29, 1.82) is 0 Å². The first-order valence-electron chi connectivity index (χ1n) is 9.16. The first kappa shape index (κ1) is 19.0. The second-order valence-electron chi connectivity index (χ2n) is 6.89. The molecule has 4 rings (SSSR count). The maximum atomic E-state index is 11.8. The highest BCUT2D eigenvalue weighted by Crippen LogP contribution is 2.29. The zero-order valence-electron chi connectivity index (χ0n) is 16.5. The largest absolute Gasteiger partial charge is 0.349 e. The van der Waals surface area contributed by atoms with E-state index in [4.69, 9.17) is 4.98 Å². The van der Waals surface area contributed by atoms with Gasteiger partial charge in [0.2, 0.25) is 5.91 Å². The first-order chi connectivity index (χ1) is 14.0. The average molecular weight is 408 g/mol. The summed E-state index contributed by atoms with van der Waals surface area (Å²) in [5.74, 6) is 0.809. The van der Waals surface area contributed by atoms with Crippen molar-refractivity contribution in [2.75, 3.05) is 19.4 Å². The fraction of sp³-hybridized carbons (Fsp3) is 0.250. The van der Waals surface area contributed by atoms with Gasteiger partial charge in [-0.2, -0.15) is 0 Å². The van der Waals surface area contributed by atoms with E-state index in [1.807, 2.05) is 35.9 Å². The molecule has 1 amide bonds. The van der Waals surface area contributed by atoms with Crippen LogP contribution in [0.15, 0.2) is 43.0 Å². The molecule has 0 unspecified atom stereocenters. The van der Waals surface area contributed by atoms with Crippen LogP contribution in [0.3, 0.4) is 0 Å². The molecule has 8 nitrogen and oxygen atoms in total. The molecule has 4 aromatic rings. The summed E-state index contributed by atoms with van der Waals surface area (Å²) < 4.78 is 1.94. The van der Waals surface area contributed by atoms with Gasteiger partial charge in [0.1, 0.15) is 16.2 Å². The number of thiazole rings is 1. The van der Waals surface area contributed by atoms with Crippen molar-refractivity contribution in [2.45, 2.75) is 12.8 Å². The molecule has 29 heavy (non-hydrogen) atoms. The summed E-state index contributed by atoms with van der Waals surface area (Å²) in [5.41, 5.74) is 3.70. The molecule has 0 saturated carbocycles. The normalized spacial score (nSPS) is 11.0. The van der Waals surface area contributed by atoms with Crippen molar-refractivity contribution in [1.82, 2.24) is 29.4 Å². The van der Waals surface area contributed by atoms with Crippen molar-refractivity contribution >= 4 is 38.5 Å². The number of pyridine rings is 2. The lowest BCUT2D eigenvalue weighted by molar-refractivity contribution is -0.128. The molecule has 0 aliphatic rings. The van der Waals surface area contributed by atoms with Gasteiger partial charge in [0.25, 0.3) is 0 Å². The molecule has 4 aromatic heterocycles. The van der Waals surface area contributed by atoms with Crippen LogP contribution in [0.2, 0.25) is 0 Å². The lowest BCUT2D eigenvalue weighted by Crippen LogP contribution is -2.21. The molecule has 0 aromatic carbocycles. The van der Waals surface area contributed by atoms with Gasteiger partial charge in [0.05, 0.1) is 23.9 Å². The van der Waals surface area contributed by atoms with Crippen LogP contribution in [-0.2, 0) is 18.3 Å². The third-order valence-corrected chi connectivity index (χ3v) is 5.40. The van der Waals surface area contributed by atoms with Crippen LogP contribution in [0.5, 0.6) is 0 Å². The predicted octanol–water partition coefficient (Wildman–Crippen LogP) is 3.25. The summed E-state index contributed by atoms with van der Waals surface area (Å²) in [4.78, 5) is 32.1. The molecule has 9 heteroatoms. The average Bonchev–Trinajstić information content (AvgIpc) is 3.30. The molecule has 0 saturated heterocycles. The lowest BCUT2D eigenvalue weighted by Gasteiger charge is -2.10. The second kappa shape index (κ2) is 7.96. The fourth-order valence-electron chi connectivity index (χ4n) is 2.90. The van der Waals surface area contributed by atoms with E-state index in [0.29, 0.717) is 18.7 Å². The summed E-state index contributed by atoms with van der Waals surface area (Å²) in [6, 6.07) is 7.78. The Morgan fingerprint density at radius 2 is 2.10 bits per heavy atom. The number of aryl methyl sites for hydroxylation is 2. The zero-order valence-corrected chi connectivity index (χ0v) is 17.3. The van der Waals surface area contributed by atoms with E-state index < -0.39 is 0 Å². The Hall–Kier alpha value is -3.33. The lowest BCUT2D eigenvalue weighted by atomic mass is 10.1. The summed E-state index contributed by atoms with van der Waals surface area (Å²) >= 11 is 1.47. The smallest absolute Gasteiger partial charge is 0.222 e. The van der Waals surface area contributed by atoms with Crippen LogP contribution in [0.25, 0.3) is 21.7 Å². The number of carbonyl (C=O) groups excluding carboxylic acids is 1. The SMILES string of the molecule is CN(C)C(=O)CCc1ccnc(Nc2nc3ccc(-c4cncn4C)nc3s2)c1. The molecule has 0 fully saturated rings. The van der Waals surface area contributed by atoms with Crippen LogP contribution < -0.4 is 5.32 Å². The van der Waals surface area contributed by atoms with Crippen LogP contribution >= 0.6 is 11.3 Å². The van der Waals surface area contributed by atoms with Gasteiger partial charge in [0, 0.05) is 33.8 Å². The summed E-state index contributed by atoms with van der Waals surface area (Å²) in [7, 11) is 5.48. The van der Waals surface area contributed by atoms with E-state index in [0.717, 1.165) is 32.4 Å². The van der Waals surface area contributed by atoms with Crippen molar-refractivity contribution in [3.8, 4) is 11.4 Å². The highest BCUT2D eigenvalue weighted by molar-refractivity contribution is 7.21.